The monoisotopic (exact) mass is 388 g/mol. The number of rotatable bonds is 4. The van der Waals surface area contributed by atoms with Crippen molar-refractivity contribution in [2.45, 2.75) is 38.1 Å². The van der Waals surface area contributed by atoms with Gasteiger partial charge in [0.25, 0.3) is 0 Å². The lowest BCUT2D eigenvalue weighted by Gasteiger charge is -2.16. The normalized spacial score (nSPS) is 16.2. The van der Waals surface area contributed by atoms with Crippen molar-refractivity contribution in [2.75, 3.05) is 0 Å². The second-order valence-electron chi connectivity index (χ2n) is 6.30. The topological polar surface area (TPSA) is 18.5 Å². The number of alkyl halides is 3. The number of halogens is 5. The summed E-state index contributed by atoms with van der Waals surface area (Å²) in [6.07, 6.45) is -2.56. The molecule has 0 atom stereocenters. The largest absolute Gasteiger partial charge is 0.573 e. The van der Waals surface area contributed by atoms with E-state index in [0.717, 1.165) is 36.7 Å². The van der Waals surface area contributed by atoms with Gasteiger partial charge in [-0.15, -0.1) is 24.5 Å². The number of thiophene rings is 1. The molecule has 0 amide bonds. The molecule has 0 radical (unpaired) electrons. The van der Waals surface area contributed by atoms with Crippen molar-refractivity contribution < 1.29 is 31.4 Å². The van der Waals surface area contributed by atoms with Crippen LogP contribution in [0, 0.1) is 11.6 Å². The molecule has 1 fully saturated rings. The van der Waals surface area contributed by atoms with Crippen molar-refractivity contribution in [2.24, 2.45) is 0 Å². The molecule has 3 aromatic rings. The van der Waals surface area contributed by atoms with Crippen LogP contribution in [-0.4, -0.2) is 12.0 Å². The summed E-state index contributed by atoms with van der Waals surface area (Å²) < 4.78 is 76.0. The molecule has 1 aliphatic carbocycles. The van der Waals surface area contributed by atoms with E-state index < -0.39 is 23.7 Å². The average Bonchev–Trinajstić information content (AvgIpc) is 3.24. The number of benzene rings is 2. The fraction of sp³-hybridized carbons (Fsp3) is 0.333. The third kappa shape index (κ3) is 2.86. The average molecular weight is 388 g/mol. The van der Waals surface area contributed by atoms with Crippen LogP contribution in [0.5, 0.6) is 11.5 Å². The van der Waals surface area contributed by atoms with Crippen LogP contribution in [0.1, 0.15) is 26.2 Å². The molecule has 26 heavy (non-hydrogen) atoms. The number of fused-ring (bicyclic) bond motifs is 3. The molecule has 138 valence electrons. The number of ether oxygens (including phenoxy) is 2. The van der Waals surface area contributed by atoms with Gasteiger partial charge in [-0.1, -0.05) is 6.92 Å². The lowest BCUT2D eigenvalue weighted by atomic mass is 10.1. The Bertz CT molecular complexity index is 1000. The second kappa shape index (κ2) is 5.70. The fourth-order valence-corrected chi connectivity index (χ4v) is 4.15. The first-order valence-corrected chi connectivity index (χ1v) is 8.83. The zero-order valence-electron chi connectivity index (χ0n) is 13.5. The molecule has 0 bridgehead atoms. The lowest BCUT2D eigenvalue weighted by Crippen LogP contribution is -2.17. The van der Waals surface area contributed by atoms with Gasteiger partial charge < -0.3 is 9.47 Å². The molecule has 2 aromatic carbocycles. The molecule has 0 N–H and O–H groups in total. The van der Waals surface area contributed by atoms with Gasteiger partial charge in [0, 0.05) is 10.8 Å². The SMILES string of the molecule is CCC1(Oc2ccc3c(sc4c(F)c(OC(F)(F)F)ccc43)c2F)CC1. The van der Waals surface area contributed by atoms with Crippen LogP contribution in [0.3, 0.4) is 0 Å². The van der Waals surface area contributed by atoms with Crippen LogP contribution >= 0.6 is 11.3 Å². The van der Waals surface area contributed by atoms with Crippen LogP contribution in [0.2, 0.25) is 0 Å². The molecule has 2 nitrogen and oxygen atoms in total. The van der Waals surface area contributed by atoms with Crippen LogP contribution < -0.4 is 9.47 Å². The summed E-state index contributed by atoms with van der Waals surface area (Å²) in [6, 6.07) is 5.28. The Morgan fingerprint density at radius 2 is 1.50 bits per heavy atom. The van der Waals surface area contributed by atoms with E-state index in [1.807, 2.05) is 6.92 Å². The van der Waals surface area contributed by atoms with E-state index in [-0.39, 0.29) is 20.8 Å². The minimum absolute atomic E-state index is 0.0792. The van der Waals surface area contributed by atoms with E-state index in [2.05, 4.69) is 4.74 Å². The quantitative estimate of drug-likeness (QED) is 0.472. The highest BCUT2D eigenvalue weighted by atomic mass is 32.1. The molecule has 0 unspecified atom stereocenters. The van der Waals surface area contributed by atoms with Gasteiger partial charge in [0.1, 0.15) is 5.60 Å². The highest BCUT2D eigenvalue weighted by molar-refractivity contribution is 7.25. The smallest absolute Gasteiger partial charge is 0.484 e. The van der Waals surface area contributed by atoms with Gasteiger partial charge in [-0.05, 0) is 43.5 Å². The van der Waals surface area contributed by atoms with Crippen molar-refractivity contribution in [3.63, 3.8) is 0 Å². The fourth-order valence-electron chi connectivity index (χ4n) is 2.98. The third-order valence-corrected chi connectivity index (χ3v) is 5.83. The van der Waals surface area contributed by atoms with Crippen molar-refractivity contribution in [3.8, 4) is 11.5 Å². The predicted molar refractivity (Wildman–Crippen MR) is 88.8 cm³/mol. The van der Waals surface area contributed by atoms with Crippen molar-refractivity contribution in [3.05, 3.63) is 35.9 Å². The Morgan fingerprint density at radius 1 is 0.962 bits per heavy atom. The van der Waals surface area contributed by atoms with E-state index in [1.165, 1.54) is 12.1 Å². The van der Waals surface area contributed by atoms with Crippen LogP contribution in [0.25, 0.3) is 20.2 Å². The summed E-state index contributed by atoms with van der Waals surface area (Å²) in [6.45, 7) is 1.96. The minimum Gasteiger partial charge on any atom is -0.484 e. The van der Waals surface area contributed by atoms with Crippen molar-refractivity contribution >= 4 is 31.5 Å². The molecule has 4 rings (SSSR count). The zero-order valence-corrected chi connectivity index (χ0v) is 14.4. The summed E-state index contributed by atoms with van der Waals surface area (Å²) in [7, 11) is 0. The van der Waals surface area contributed by atoms with Gasteiger partial charge in [0.2, 0.25) is 0 Å². The van der Waals surface area contributed by atoms with E-state index in [1.54, 1.807) is 6.07 Å². The maximum absolute atomic E-state index is 14.9. The molecule has 0 saturated heterocycles. The van der Waals surface area contributed by atoms with E-state index in [0.29, 0.717) is 10.8 Å². The minimum atomic E-state index is -5.00. The van der Waals surface area contributed by atoms with E-state index in [4.69, 9.17) is 4.74 Å². The Balaban J connectivity index is 1.83. The number of hydrogen-bond acceptors (Lipinski definition) is 3. The highest BCUT2D eigenvalue weighted by Crippen LogP contribution is 2.46. The summed E-state index contributed by atoms with van der Waals surface area (Å²) in [5.41, 5.74) is -0.343. The van der Waals surface area contributed by atoms with Crippen molar-refractivity contribution in [1.29, 1.82) is 0 Å². The lowest BCUT2D eigenvalue weighted by molar-refractivity contribution is -0.275. The molecule has 1 aliphatic rings. The number of hydrogen-bond donors (Lipinski definition) is 0. The summed E-state index contributed by atoms with van der Waals surface area (Å²) in [5, 5.41) is 0.757. The first kappa shape index (κ1) is 17.3. The second-order valence-corrected chi connectivity index (χ2v) is 7.32. The first-order chi connectivity index (χ1) is 12.2. The van der Waals surface area contributed by atoms with Gasteiger partial charge in [-0.3, -0.25) is 0 Å². The molecule has 0 spiro atoms. The van der Waals surface area contributed by atoms with Gasteiger partial charge in [0.15, 0.2) is 23.1 Å². The van der Waals surface area contributed by atoms with Crippen LogP contribution in [0.15, 0.2) is 24.3 Å². The maximum Gasteiger partial charge on any atom is 0.573 e. The van der Waals surface area contributed by atoms with Crippen LogP contribution in [-0.2, 0) is 0 Å². The van der Waals surface area contributed by atoms with Crippen LogP contribution in [0.4, 0.5) is 22.0 Å². The van der Waals surface area contributed by atoms with E-state index >= 15 is 0 Å². The van der Waals surface area contributed by atoms with Gasteiger partial charge in [-0.25, -0.2) is 8.78 Å². The van der Waals surface area contributed by atoms with Gasteiger partial charge in [-0.2, -0.15) is 0 Å². The predicted octanol–water partition coefficient (Wildman–Crippen LogP) is 6.55. The molecule has 1 aromatic heterocycles. The van der Waals surface area contributed by atoms with Crippen molar-refractivity contribution in [1.82, 2.24) is 0 Å². The maximum atomic E-state index is 14.9. The Labute approximate surface area is 149 Å². The molecule has 8 heteroatoms. The van der Waals surface area contributed by atoms with Gasteiger partial charge in [0.05, 0.1) is 9.40 Å². The first-order valence-electron chi connectivity index (χ1n) is 8.01. The Morgan fingerprint density at radius 3 is 2.00 bits per heavy atom. The third-order valence-electron chi connectivity index (χ3n) is 4.62. The summed E-state index contributed by atoms with van der Waals surface area (Å²) >= 11 is 0.746. The molecular formula is C18H13F5O2S. The summed E-state index contributed by atoms with van der Waals surface area (Å²) in [4.78, 5) is 0. The summed E-state index contributed by atoms with van der Waals surface area (Å²) in [5.74, 6) is -2.64. The standard InChI is InChI=1S/C18H13F5O2S/c1-2-17(7-8-17)24-11-5-3-9-10-4-6-12(25-18(21,22)23)14(20)16(10)26-15(9)13(11)19/h3-6H,2,7-8H2,1H3. The zero-order chi connectivity index (χ0) is 18.7. The molecular weight excluding hydrogens is 375 g/mol. The van der Waals surface area contributed by atoms with Gasteiger partial charge >= 0.3 is 6.36 Å². The van der Waals surface area contributed by atoms with E-state index in [9.17, 15) is 22.0 Å². The Kier molecular flexibility index (Phi) is 3.80. The Hall–Kier alpha value is -2.09. The molecule has 1 heterocycles. The molecule has 0 aliphatic heterocycles. The molecule has 1 saturated carbocycles. The highest BCUT2D eigenvalue weighted by Gasteiger charge is 2.44.